The molecule has 0 aliphatic carbocycles. The summed E-state index contributed by atoms with van der Waals surface area (Å²) in [7, 11) is 0. The molecular weight excluding hydrogens is 392 g/mol. The quantitative estimate of drug-likeness (QED) is 0.501. The molecule has 0 fully saturated rings. The average molecular weight is 402 g/mol. The molecule has 0 aromatic carbocycles. The van der Waals surface area contributed by atoms with Crippen molar-refractivity contribution < 1.29 is 21.9 Å². The molecule has 72 valence electrons. The summed E-state index contributed by atoms with van der Waals surface area (Å²) in [6.45, 7) is 2.30. The third-order valence-corrected chi connectivity index (χ3v) is 6.83. The molecule has 1 aromatic heterocycles. The van der Waals surface area contributed by atoms with Crippen molar-refractivity contribution in [1.29, 1.82) is 0 Å². The van der Waals surface area contributed by atoms with E-state index in [-0.39, 0.29) is 17.5 Å². The minimum absolute atomic E-state index is 0.203. The molecule has 0 atom stereocenters. The van der Waals surface area contributed by atoms with E-state index in [9.17, 15) is 0 Å². The molecule has 2 rings (SSSR count). The van der Waals surface area contributed by atoms with Crippen molar-refractivity contribution in [1.82, 2.24) is 3.11 Å². The molecule has 0 bridgehead atoms. The second kappa shape index (κ2) is 4.79. The van der Waals surface area contributed by atoms with Gasteiger partial charge in [0, 0.05) is 0 Å². The van der Waals surface area contributed by atoms with E-state index in [0.29, 0.717) is 0 Å². The van der Waals surface area contributed by atoms with Gasteiger partial charge in [0.05, 0.1) is 0 Å². The van der Waals surface area contributed by atoms with Gasteiger partial charge in [0.2, 0.25) is 0 Å². The molecule has 0 amide bonds. The van der Waals surface area contributed by atoms with Gasteiger partial charge in [-0.25, -0.2) is 0 Å². The van der Waals surface area contributed by atoms with Crippen LogP contribution in [0.25, 0.3) is 5.57 Å². The summed E-state index contributed by atoms with van der Waals surface area (Å²) in [6, 6.07) is 4.00. The molecule has 2 heterocycles. The van der Waals surface area contributed by atoms with E-state index in [4.69, 9.17) is 4.42 Å². The number of hydrogen-bond acceptors (Lipinski definition) is 2. The van der Waals surface area contributed by atoms with Gasteiger partial charge < -0.3 is 0 Å². The van der Waals surface area contributed by atoms with Crippen LogP contribution in [-0.2, 0) is 0 Å². The number of hydrogen-bond donors (Lipinski definition) is 0. The molecule has 1 aliphatic heterocycles. The fourth-order valence-corrected chi connectivity index (χ4v) is 4.45. The topological polar surface area (TPSA) is 16.4 Å². The van der Waals surface area contributed by atoms with Gasteiger partial charge in [0.25, 0.3) is 0 Å². The van der Waals surface area contributed by atoms with Crippen LogP contribution in [0.5, 0.6) is 0 Å². The first-order chi connectivity index (χ1) is 6.40. The summed E-state index contributed by atoms with van der Waals surface area (Å²) >= 11 is 2.72. The molecule has 4 heteroatoms. The molecule has 0 N–H and O–H groups in total. The first-order valence-electron chi connectivity index (χ1n) is 4.14. The SMILES string of the molecule is I[I-]N1CCC=C(c2ccco2)C1. The zero-order chi connectivity index (χ0) is 9.10. The second-order valence-electron chi connectivity index (χ2n) is 2.90. The fraction of sp³-hybridized carbons (Fsp3) is 0.333. The van der Waals surface area contributed by atoms with Gasteiger partial charge in [-0.2, -0.15) is 0 Å². The predicted molar refractivity (Wildman–Crippen MR) is 56.9 cm³/mol. The van der Waals surface area contributed by atoms with Crippen LogP contribution >= 0.6 is 18.6 Å². The van der Waals surface area contributed by atoms with Gasteiger partial charge in [-0.05, 0) is 0 Å². The van der Waals surface area contributed by atoms with Gasteiger partial charge >= 0.3 is 99.0 Å². The Morgan fingerprint density at radius 1 is 1.54 bits per heavy atom. The van der Waals surface area contributed by atoms with E-state index in [1.165, 1.54) is 18.5 Å². The number of halogens is 2. The van der Waals surface area contributed by atoms with Crippen LogP contribution in [0.1, 0.15) is 12.2 Å². The maximum absolute atomic E-state index is 5.38. The molecule has 2 nitrogen and oxygen atoms in total. The van der Waals surface area contributed by atoms with Crippen LogP contribution in [0.4, 0.5) is 0 Å². The Hall–Kier alpha value is 0.440. The van der Waals surface area contributed by atoms with Crippen LogP contribution in [0.3, 0.4) is 0 Å². The Labute approximate surface area is 98.2 Å². The molecule has 13 heavy (non-hydrogen) atoms. The molecule has 0 radical (unpaired) electrons. The summed E-state index contributed by atoms with van der Waals surface area (Å²) in [6.07, 6.45) is 5.21. The molecule has 0 spiro atoms. The van der Waals surface area contributed by atoms with Crippen LogP contribution in [0.2, 0.25) is 0 Å². The van der Waals surface area contributed by atoms with Crippen molar-refractivity contribution in [3.05, 3.63) is 30.2 Å². The van der Waals surface area contributed by atoms with Gasteiger partial charge in [-0.15, -0.1) is 0 Å². The van der Waals surface area contributed by atoms with E-state index in [2.05, 4.69) is 27.8 Å². The number of nitrogens with zero attached hydrogens (tertiary/aromatic N) is 1. The van der Waals surface area contributed by atoms with Crippen molar-refractivity contribution in [3.63, 3.8) is 0 Å². The van der Waals surface area contributed by atoms with E-state index in [1.54, 1.807) is 6.26 Å². The first kappa shape index (κ1) is 9.97. The Balaban J connectivity index is 2.12. The monoisotopic (exact) mass is 402 g/mol. The molecule has 0 unspecified atom stereocenters. The normalized spacial score (nSPS) is 19.0. The minimum atomic E-state index is 0.203. The molecule has 1 aromatic rings. The van der Waals surface area contributed by atoms with Crippen LogP contribution in [-0.4, -0.2) is 16.2 Å². The summed E-state index contributed by atoms with van der Waals surface area (Å²) in [5.41, 5.74) is 1.35. The van der Waals surface area contributed by atoms with E-state index >= 15 is 0 Å². The van der Waals surface area contributed by atoms with Gasteiger partial charge in [0.15, 0.2) is 0 Å². The summed E-state index contributed by atoms with van der Waals surface area (Å²) in [5.74, 6) is 1.04. The van der Waals surface area contributed by atoms with Crippen molar-refractivity contribution in [2.24, 2.45) is 0 Å². The Morgan fingerprint density at radius 2 is 2.46 bits per heavy atom. The number of rotatable bonds is 2. The number of furan rings is 1. The molecule has 0 saturated heterocycles. The summed E-state index contributed by atoms with van der Waals surface area (Å²) < 4.78 is 7.91. The molecular formula is C9H10I2NO-. The average Bonchev–Trinajstić information content (AvgIpc) is 2.71. The summed E-state index contributed by atoms with van der Waals surface area (Å²) in [5, 5.41) is 0. The van der Waals surface area contributed by atoms with Crippen molar-refractivity contribution in [2.75, 3.05) is 13.1 Å². The van der Waals surface area contributed by atoms with Crippen molar-refractivity contribution in [2.45, 2.75) is 6.42 Å². The Bertz CT molecular complexity index is 295. The van der Waals surface area contributed by atoms with Crippen LogP contribution in [0, 0.1) is 0 Å². The van der Waals surface area contributed by atoms with Crippen molar-refractivity contribution >= 4 is 24.2 Å². The van der Waals surface area contributed by atoms with E-state index < -0.39 is 0 Å². The maximum atomic E-state index is 5.38. The zero-order valence-electron chi connectivity index (χ0n) is 7.04. The zero-order valence-corrected chi connectivity index (χ0v) is 11.4. The van der Waals surface area contributed by atoms with E-state index in [0.717, 1.165) is 12.3 Å². The third-order valence-electron chi connectivity index (χ3n) is 2.03. The summed E-state index contributed by atoms with van der Waals surface area (Å²) in [4.78, 5) is 0. The first-order valence-corrected chi connectivity index (χ1v) is 11.4. The van der Waals surface area contributed by atoms with Gasteiger partial charge in [0.1, 0.15) is 0 Å². The standard InChI is InChI=1S/C9H10I2NO/c10-11-12-5-1-3-8(7-12)9-4-2-6-13-9/h2-4,6H,1,5,7H2/q-1. The molecule has 0 saturated carbocycles. The Morgan fingerprint density at radius 3 is 3.15 bits per heavy atom. The second-order valence-corrected chi connectivity index (χ2v) is 7.08. The van der Waals surface area contributed by atoms with Gasteiger partial charge in [-0.1, -0.05) is 0 Å². The molecule has 1 aliphatic rings. The fourth-order valence-electron chi connectivity index (χ4n) is 1.40. The Kier molecular flexibility index (Phi) is 3.67. The predicted octanol–water partition coefficient (Wildman–Crippen LogP) is -0.277. The van der Waals surface area contributed by atoms with Gasteiger partial charge in [-0.3, -0.25) is 0 Å². The van der Waals surface area contributed by atoms with Crippen LogP contribution in [0.15, 0.2) is 28.9 Å². The third kappa shape index (κ3) is 2.47. The van der Waals surface area contributed by atoms with Crippen molar-refractivity contribution in [3.8, 4) is 0 Å². The van der Waals surface area contributed by atoms with E-state index in [1.807, 2.05) is 12.1 Å². The van der Waals surface area contributed by atoms with Crippen LogP contribution < -0.4 is 17.5 Å².